The van der Waals surface area contributed by atoms with Crippen molar-refractivity contribution < 1.29 is 13.3 Å². The summed E-state index contributed by atoms with van der Waals surface area (Å²) in [6.07, 6.45) is 0. The predicted molar refractivity (Wildman–Crippen MR) is 66.2 cm³/mol. The molecule has 0 heterocycles. The Hall–Kier alpha value is -1.50. The summed E-state index contributed by atoms with van der Waals surface area (Å²) < 4.78 is 24.8. The first-order valence-corrected chi connectivity index (χ1v) is 6.81. The number of nitriles is 1. The average molecular weight is 334 g/mol. The second-order valence-electron chi connectivity index (χ2n) is 3.29. The topological polar surface area (TPSA) is 104 Å². The van der Waals surface area contributed by atoms with Crippen molar-refractivity contribution in [2.75, 3.05) is 13.6 Å². The van der Waals surface area contributed by atoms with E-state index in [-0.39, 0.29) is 21.6 Å². The van der Waals surface area contributed by atoms with Gasteiger partial charge >= 0.3 is 0 Å². The summed E-state index contributed by atoms with van der Waals surface area (Å²) in [5.41, 5.74) is -0.225. The fraction of sp³-hybridized carbons (Fsp3) is 0.222. The fourth-order valence-electron chi connectivity index (χ4n) is 1.16. The van der Waals surface area contributed by atoms with Crippen LogP contribution in [0.25, 0.3) is 0 Å². The van der Waals surface area contributed by atoms with Gasteiger partial charge in [0, 0.05) is 13.1 Å². The van der Waals surface area contributed by atoms with Crippen molar-refractivity contribution in [3.8, 4) is 6.07 Å². The summed E-state index contributed by atoms with van der Waals surface area (Å²) in [5, 5.41) is 19.1. The molecule has 7 nitrogen and oxygen atoms in total. The predicted octanol–water partition coefficient (Wildman–Crippen LogP) is 1.50. The van der Waals surface area contributed by atoms with Gasteiger partial charge in [0.15, 0.2) is 0 Å². The molecule has 9 heteroatoms. The maximum atomic E-state index is 11.9. The number of sulfonamides is 1. The van der Waals surface area contributed by atoms with Gasteiger partial charge in [-0.15, -0.1) is 0 Å². The van der Waals surface area contributed by atoms with E-state index in [9.17, 15) is 18.5 Å². The smallest absolute Gasteiger partial charge is 0.258 e. The van der Waals surface area contributed by atoms with Crippen LogP contribution in [0.4, 0.5) is 5.69 Å². The molecule has 1 aromatic carbocycles. The normalized spacial score (nSPS) is 11.2. The first-order chi connectivity index (χ1) is 8.30. The largest absolute Gasteiger partial charge is 0.283 e. The van der Waals surface area contributed by atoms with Crippen LogP contribution >= 0.6 is 15.9 Å². The van der Waals surface area contributed by atoms with Crippen LogP contribution in [0.1, 0.15) is 0 Å². The van der Waals surface area contributed by atoms with Crippen LogP contribution in [0.3, 0.4) is 0 Å². The maximum absolute atomic E-state index is 11.9. The number of halogens is 1. The van der Waals surface area contributed by atoms with E-state index in [0.717, 1.165) is 22.5 Å². The minimum atomic E-state index is -3.81. The highest BCUT2D eigenvalue weighted by Crippen LogP contribution is 2.28. The van der Waals surface area contributed by atoms with Crippen LogP contribution in [-0.4, -0.2) is 31.2 Å². The highest BCUT2D eigenvalue weighted by Gasteiger charge is 2.23. The second-order valence-corrected chi connectivity index (χ2v) is 6.19. The van der Waals surface area contributed by atoms with Gasteiger partial charge in [0.2, 0.25) is 10.0 Å². The Morgan fingerprint density at radius 1 is 1.56 bits per heavy atom. The summed E-state index contributed by atoms with van der Waals surface area (Å²) >= 11 is 2.94. The SMILES string of the molecule is CN(CC#N)S(=O)(=O)c1ccc([N+](=O)[O-])c(Br)c1. The number of rotatable bonds is 4. The first kappa shape index (κ1) is 14.6. The van der Waals surface area contributed by atoms with E-state index in [1.807, 2.05) is 0 Å². The molecular formula is C9H8BrN3O4S. The number of nitro groups is 1. The minimum Gasteiger partial charge on any atom is -0.258 e. The van der Waals surface area contributed by atoms with Gasteiger partial charge in [0.1, 0.15) is 6.54 Å². The number of nitrogens with zero attached hydrogens (tertiary/aromatic N) is 3. The lowest BCUT2D eigenvalue weighted by Crippen LogP contribution is -2.27. The molecule has 0 N–H and O–H groups in total. The highest BCUT2D eigenvalue weighted by molar-refractivity contribution is 9.10. The van der Waals surface area contributed by atoms with Crippen LogP contribution in [0.2, 0.25) is 0 Å². The van der Waals surface area contributed by atoms with E-state index in [0.29, 0.717) is 0 Å². The molecule has 96 valence electrons. The van der Waals surface area contributed by atoms with Gasteiger partial charge in [0.05, 0.1) is 20.4 Å². The van der Waals surface area contributed by atoms with E-state index < -0.39 is 14.9 Å². The highest BCUT2D eigenvalue weighted by atomic mass is 79.9. The molecule has 0 bridgehead atoms. The molecule has 0 spiro atoms. The quantitative estimate of drug-likeness (QED) is 0.471. The molecule has 0 atom stereocenters. The van der Waals surface area contributed by atoms with Gasteiger partial charge in [0.25, 0.3) is 5.69 Å². The van der Waals surface area contributed by atoms with Gasteiger partial charge in [-0.1, -0.05) is 0 Å². The van der Waals surface area contributed by atoms with E-state index in [1.54, 1.807) is 6.07 Å². The molecule has 0 saturated carbocycles. The summed E-state index contributed by atoms with van der Waals surface area (Å²) in [7, 11) is -2.55. The van der Waals surface area contributed by atoms with Crippen LogP contribution in [-0.2, 0) is 10.0 Å². The Balaban J connectivity index is 3.24. The Labute approximate surface area is 112 Å². The van der Waals surface area contributed by atoms with Gasteiger partial charge in [-0.25, -0.2) is 8.42 Å². The van der Waals surface area contributed by atoms with Crippen molar-refractivity contribution in [2.24, 2.45) is 0 Å². The van der Waals surface area contributed by atoms with E-state index >= 15 is 0 Å². The zero-order valence-electron chi connectivity index (χ0n) is 9.20. The van der Waals surface area contributed by atoms with Crippen molar-refractivity contribution in [2.45, 2.75) is 4.90 Å². The molecule has 0 unspecified atom stereocenters. The standard InChI is InChI=1S/C9H8BrN3O4S/c1-12(5-4-11)18(16,17)7-2-3-9(13(14)15)8(10)6-7/h2-3,6H,5H2,1H3. The third-order valence-electron chi connectivity index (χ3n) is 2.12. The third kappa shape index (κ3) is 2.84. The van der Waals surface area contributed by atoms with Crippen molar-refractivity contribution in [1.29, 1.82) is 5.26 Å². The molecule has 0 saturated heterocycles. The molecular weight excluding hydrogens is 326 g/mol. The Morgan fingerprint density at radius 3 is 2.61 bits per heavy atom. The lowest BCUT2D eigenvalue weighted by Gasteiger charge is -2.13. The maximum Gasteiger partial charge on any atom is 0.283 e. The average Bonchev–Trinajstić information content (AvgIpc) is 2.28. The molecule has 0 aromatic heterocycles. The van der Waals surface area contributed by atoms with E-state index in [4.69, 9.17) is 5.26 Å². The molecule has 0 aliphatic rings. The Bertz CT molecular complexity index is 623. The van der Waals surface area contributed by atoms with Crippen molar-refractivity contribution in [3.63, 3.8) is 0 Å². The summed E-state index contributed by atoms with van der Waals surface area (Å²) in [6, 6.07) is 5.08. The number of benzene rings is 1. The Morgan fingerprint density at radius 2 is 2.17 bits per heavy atom. The van der Waals surface area contributed by atoms with Crippen LogP contribution in [0.15, 0.2) is 27.6 Å². The van der Waals surface area contributed by atoms with Crippen LogP contribution in [0, 0.1) is 21.4 Å². The second kappa shape index (κ2) is 5.43. The van der Waals surface area contributed by atoms with Gasteiger partial charge < -0.3 is 0 Å². The van der Waals surface area contributed by atoms with Crippen molar-refractivity contribution in [1.82, 2.24) is 4.31 Å². The van der Waals surface area contributed by atoms with Gasteiger partial charge in [-0.3, -0.25) is 10.1 Å². The van der Waals surface area contributed by atoms with Gasteiger partial charge in [-0.05, 0) is 28.1 Å². The molecule has 1 aromatic rings. The lowest BCUT2D eigenvalue weighted by atomic mass is 10.3. The zero-order chi connectivity index (χ0) is 13.9. The van der Waals surface area contributed by atoms with Crippen molar-refractivity contribution in [3.05, 3.63) is 32.8 Å². The van der Waals surface area contributed by atoms with E-state index in [1.165, 1.54) is 7.05 Å². The molecule has 0 aliphatic carbocycles. The lowest BCUT2D eigenvalue weighted by molar-refractivity contribution is -0.385. The summed E-state index contributed by atoms with van der Waals surface area (Å²) in [4.78, 5) is 9.85. The molecule has 0 radical (unpaired) electrons. The summed E-state index contributed by atoms with van der Waals surface area (Å²) in [6.45, 7) is -0.295. The molecule has 0 amide bonds. The van der Waals surface area contributed by atoms with Gasteiger partial charge in [-0.2, -0.15) is 9.57 Å². The third-order valence-corrected chi connectivity index (χ3v) is 4.55. The van der Waals surface area contributed by atoms with Crippen molar-refractivity contribution >= 4 is 31.6 Å². The molecule has 18 heavy (non-hydrogen) atoms. The molecule has 0 aliphatic heterocycles. The Kier molecular flexibility index (Phi) is 4.39. The number of hydrogen-bond donors (Lipinski definition) is 0. The minimum absolute atomic E-state index is 0.0685. The molecule has 1 rings (SSSR count). The van der Waals surface area contributed by atoms with Crippen LogP contribution in [0.5, 0.6) is 0 Å². The van der Waals surface area contributed by atoms with Crippen LogP contribution < -0.4 is 0 Å². The number of hydrogen-bond acceptors (Lipinski definition) is 5. The number of nitro benzene ring substituents is 1. The summed E-state index contributed by atoms with van der Waals surface area (Å²) in [5.74, 6) is 0. The first-order valence-electron chi connectivity index (χ1n) is 4.58. The van der Waals surface area contributed by atoms with E-state index in [2.05, 4.69) is 15.9 Å². The zero-order valence-corrected chi connectivity index (χ0v) is 11.6. The molecule has 0 fully saturated rings. The monoisotopic (exact) mass is 333 g/mol. The fourth-order valence-corrected chi connectivity index (χ4v) is 2.93.